The molecule has 0 aliphatic rings. The summed E-state index contributed by atoms with van der Waals surface area (Å²) < 4.78 is 29.6. The van der Waals surface area contributed by atoms with Gasteiger partial charge in [0.25, 0.3) is 0 Å². The fourth-order valence-electron chi connectivity index (χ4n) is 2.23. The van der Waals surface area contributed by atoms with E-state index < -0.39 is 10.0 Å². The molecule has 0 aliphatic heterocycles. The van der Waals surface area contributed by atoms with Crippen molar-refractivity contribution < 1.29 is 17.9 Å². The Labute approximate surface area is 157 Å². The van der Waals surface area contributed by atoms with Gasteiger partial charge in [0.05, 0.1) is 22.9 Å². The number of hydrogen-bond donors (Lipinski definition) is 2. The molecule has 1 aromatic heterocycles. The van der Waals surface area contributed by atoms with Crippen molar-refractivity contribution in [3.8, 4) is 0 Å². The van der Waals surface area contributed by atoms with E-state index in [-0.39, 0.29) is 16.6 Å². The molecule has 0 bridgehead atoms. The highest BCUT2D eigenvalue weighted by molar-refractivity contribution is 7.99. The third-order valence-electron chi connectivity index (χ3n) is 3.74. The molecule has 0 aliphatic carbocycles. The van der Waals surface area contributed by atoms with Gasteiger partial charge in [0, 0.05) is 25.0 Å². The smallest absolute Gasteiger partial charge is 0.238 e. The van der Waals surface area contributed by atoms with Crippen LogP contribution in [0.1, 0.15) is 11.4 Å². The lowest BCUT2D eigenvalue weighted by atomic mass is 10.3. The molecule has 142 valence electrons. The van der Waals surface area contributed by atoms with Crippen molar-refractivity contribution in [3.05, 3.63) is 35.7 Å². The van der Waals surface area contributed by atoms with Crippen LogP contribution < -0.4 is 10.5 Å². The van der Waals surface area contributed by atoms with Crippen LogP contribution >= 0.6 is 11.8 Å². The van der Waals surface area contributed by atoms with Crippen LogP contribution in [0, 0.1) is 13.8 Å². The minimum atomic E-state index is -3.75. The molecule has 0 radical (unpaired) electrons. The predicted molar refractivity (Wildman–Crippen MR) is 101 cm³/mol. The topological polar surface area (TPSA) is 116 Å². The van der Waals surface area contributed by atoms with E-state index in [1.807, 2.05) is 18.4 Å². The number of nitrogens with zero attached hydrogens (tertiary/aromatic N) is 2. The number of hydrogen-bond acceptors (Lipinski definition) is 6. The highest BCUT2D eigenvalue weighted by Crippen LogP contribution is 2.21. The van der Waals surface area contributed by atoms with Crippen molar-refractivity contribution in [1.29, 1.82) is 0 Å². The molecule has 0 fully saturated rings. The van der Waals surface area contributed by atoms with Gasteiger partial charge in [-0.1, -0.05) is 11.8 Å². The van der Waals surface area contributed by atoms with Crippen LogP contribution in [0.5, 0.6) is 0 Å². The zero-order valence-electron chi connectivity index (χ0n) is 14.9. The summed E-state index contributed by atoms with van der Waals surface area (Å²) in [6.07, 6.45) is 0. The van der Waals surface area contributed by atoms with Gasteiger partial charge in [0.1, 0.15) is 0 Å². The maximum absolute atomic E-state index is 12.1. The first-order chi connectivity index (χ1) is 12.2. The Bertz CT molecular complexity index is 876. The van der Waals surface area contributed by atoms with E-state index in [0.29, 0.717) is 18.8 Å². The van der Waals surface area contributed by atoms with Crippen molar-refractivity contribution in [2.75, 3.05) is 24.8 Å². The molecular weight excluding hydrogens is 376 g/mol. The van der Waals surface area contributed by atoms with E-state index in [0.717, 1.165) is 16.5 Å². The fraction of sp³-hybridized carbons (Fsp3) is 0.375. The number of imidazole rings is 1. The number of anilines is 1. The summed E-state index contributed by atoms with van der Waals surface area (Å²) in [6.45, 7) is 5.14. The quantitative estimate of drug-likeness (QED) is 0.651. The molecule has 0 saturated carbocycles. The van der Waals surface area contributed by atoms with Gasteiger partial charge in [-0.05, 0) is 38.1 Å². The van der Waals surface area contributed by atoms with E-state index in [4.69, 9.17) is 9.88 Å². The van der Waals surface area contributed by atoms with E-state index >= 15 is 0 Å². The zero-order chi connectivity index (χ0) is 19.3. The summed E-state index contributed by atoms with van der Waals surface area (Å²) in [7, 11) is -2.11. The number of aromatic nitrogens is 2. The predicted octanol–water partition coefficient (Wildman–Crippen LogP) is 1.52. The van der Waals surface area contributed by atoms with Crippen molar-refractivity contribution >= 4 is 33.4 Å². The van der Waals surface area contributed by atoms with E-state index in [9.17, 15) is 13.2 Å². The highest BCUT2D eigenvalue weighted by atomic mass is 32.2. The molecule has 1 amide bonds. The van der Waals surface area contributed by atoms with Crippen LogP contribution in [-0.4, -0.2) is 43.3 Å². The zero-order valence-corrected chi connectivity index (χ0v) is 16.5. The minimum absolute atomic E-state index is 0.00371. The standard InChI is InChI=1S/C16H22N4O4S2/c1-11-12(2)20(8-9-24-3)16(18-11)25-10-15(21)19-13-4-6-14(7-5-13)26(17,22)23/h4-7H,8-10H2,1-3H3,(H,19,21)(H2,17,22,23). The molecule has 10 heteroatoms. The number of carbonyl (C=O) groups is 1. The fourth-order valence-corrected chi connectivity index (χ4v) is 3.67. The first-order valence-corrected chi connectivity index (χ1v) is 10.3. The largest absolute Gasteiger partial charge is 0.383 e. The van der Waals surface area contributed by atoms with Gasteiger partial charge in [-0.25, -0.2) is 18.5 Å². The maximum atomic E-state index is 12.1. The van der Waals surface area contributed by atoms with Crippen LogP contribution in [0.3, 0.4) is 0 Å². The molecule has 1 aromatic carbocycles. The number of ether oxygens (including phenoxy) is 1. The van der Waals surface area contributed by atoms with E-state index in [1.165, 1.54) is 36.0 Å². The number of carbonyl (C=O) groups excluding carboxylic acids is 1. The number of nitrogens with one attached hydrogen (secondary N) is 1. The lowest BCUT2D eigenvalue weighted by Gasteiger charge is -2.09. The molecule has 0 atom stereocenters. The normalized spacial score (nSPS) is 11.5. The lowest BCUT2D eigenvalue weighted by Crippen LogP contribution is -2.16. The summed E-state index contributed by atoms with van der Waals surface area (Å²) in [5.41, 5.74) is 2.46. The summed E-state index contributed by atoms with van der Waals surface area (Å²) in [5.74, 6) is -0.0326. The van der Waals surface area contributed by atoms with Gasteiger partial charge < -0.3 is 14.6 Å². The summed E-state index contributed by atoms with van der Waals surface area (Å²) in [5, 5.41) is 8.53. The van der Waals surface area contributed by atoms with Gasteiger partial charge in [0.15, 0.2) is 5.16 Å². The highest BCUT2D eigenvalue weighted by Gasteiger charge is 2.14. The molecule has 0 saturated heterocycles. The van der Waals surface area contributed by atoms with Crippen molar-refractivity contribution in [1.82, 2.24) is 9.55 Å². The van der Waals surface area contributed by atoms with Crippen LogP contribution in [0.25, 0.3) is 0 Å². The maximum Gasteiger partial charge on any atom is 0.238 e. The Kier molecular flexibility index (Phi) is 6.81. The van der Waals surface area contributed by atoms with Gasteiger partial charge in [-0.2, -0.15) is 0 Å². The van der Waals surface area contributed by atoms with Crippen LogP contribution in [0.2, 0.25) is 0 Å². The summed E-state index contributed by atoms with van der Waals surface area (Å²) >= 11 is 1.34. The van der Waals surface area contributed by atoms with Crippen molar-refractivity contribution in [3.63, 3.8) is 0 Å². The minimum Gasteiger partial charge on any atom is -0.383 e. The molecule has 0 unspecified atom stereocenters. The molecule has 2 rings (SSSR count). The second kappa shape index (κ2) is 8.67. The third kappa shape index (κ3) is 5.31. The summed E-state index contributed by atoms with van der Waals surface area (Å²) in [4.78, 5) is 16.6. The number of nitrogens with two attached hydrogens (primary N) is 1. The second-order valence-corrected chi connectivity index (χ2v) is 8.12. The van der Waals surface area contributed by atoms with Crippen molar-refractivity contribution in [2.45, 2.75) is 30.4 Å². The van der Waals surface area contributed by atoms with Gasteiger partial charge in [0.2, 0.25) is 15.9 Å². The molecule has 26 heavy (non-hydrogen) atoms. The molecule has 1 heterocycles. The number of primary sulfonamides is 1. The molecule has 0 spiro atoms. The Hall–Kier alpha value is -1.88. The molecule has 3 N–H and O–H groups in total. The number of benzene rings is 1. The van der Waals surface area contributed by atoms with Crippen LogP contribution in [0.15, 0.2) is 34.3 Å². The summed E-state index contributed by atoms with van der Waals surface area (Å²) in [6, 6.07) is 5.69. The third-order valence-corrected chi connectivity index (χ3v) is 5.65. The number of amides is 1. The van der Waals surface area contributed by atoms with Gasteiger partial charge >= 0.3 is 0 Å². The van der Waals surface area contributed by atoms with Gasteiger partial charge in [-0.3, -0.25) is 4.79 Å². The first kappa shape index (κ1) is 20.4. The van der Waals surface area contributed by atoms with E-state index in [2.05, 4.69) is 10.3 Å². The van der Waals surface area contributed by atoms with Crippen LogP contribution in [0.4, 0.5) is 5.69 Å². The Balaban J connectivity index is 1.98. The number of thioether (sulfide) groups is 1. The number of rotatable bonds is 8. The average molecular weight is 399 g/mol. The molecule has 2 aromatic rings. The van der Waals surface area contributed by atoms with Crippen molar-refractivity contribution in [2.24, 2.45) is 5.14 Å². The second-order valence-electron chi connectivity index (χ2n) is 5.62. The van der Waals surface area contributed by atoms with Gasteiger partial charge in [-0.15, -0.1) is 0 Å². The molecule has 8 nitrogen and oxygen atoms in total. The average Bonchev–Trinajstić information content (AvgIpc) is 2.85. The first-order valence-electron chi connectivity index (χ1n) is 7.80. The number of sulfonamides is 1. The Morgan fingerprint density at radius 2 is 1.96 bits per heavy atom. The monoisotopic (exact) mass is 398 g/mol. The SMILES string of the molecule is COCCn1c(SCC(=O)Nc2ccc(S(N)(=O)=O)cc2)nc(C)c1C. The molecular formula is C16H22N4O4S2. The van der Waals surface area contributed by atoms with Crippen LogP contribution in [-0.2, 0) is 26.1 Å². The Morgan fingerprint density at radius 3 is 2.54 bits per heavy atom. The Morgan fingerprint density at radius 1 is 1.31 bits per heavy atom. The number of methoxy groups -OCH3 is 1. The number of aryl methyl sites for hydroxylation is 1. The van der Waals surface area contributed by atoms with E-state index in [1.54, 1.807) is 7.11 Å². The lowest BCUT2D eigenvalue weighted by molar-refractivity contribution is -0.113.